The molecular formula is C10H17N3O2. The van der Waals surface area contributed by atoms with Gasteiger partial charge in [-0.2, -0.15) is 5.10 Å². The van der Waals surface area contributed by atoms with Gasteiger partial charge in [0.05, 0.1) is 11.8 Å². The van der Waals surface area contributed by atoms with Crippen molar-refractivity contribution in [2.24, 2.45) is 0 Å². The summed E-state index contributed by atoms with van der Waals surface area (Å²) in [7, 11) is 0. The van der Waals surface area contributed by atoms with Gasteiger partial charge >= 0.3 is 0 Å². The van der Waals surface area contributed by atoms with Gasteiger partial charge in [-0.15, -0.1) is 0 Å². The predicted molar refractivity (Wildman–Crippen MR) is 56.6 cm³/mol. The lowest BCUT2D eigenvalue weighted by Crippen LogP contribution is -2.35. The average Bonchev–Trinajstić information content (AvgIpc) is 2.63. The highest BCUT2D eigenvalue weighted by atomic mass is 16.3. The molecule has 0 bridgehead atoms. The first-order valence-corrected chi connectivity index (χ1v) is 5.10. The second-order valence-electron chi connectivity index (χ2n) is 3.50. The molecule has 84 valence electrons. The van der Waals surface area contributed by atoms with Gasteiger partial charge in [0, 0.05) is 18.3 Å². The molecule has 5 nitrogen and oxygen atoms in total. The molecule has 0 saturated heterocycles. The fourth-order valence-corrected chi connectivity index (χ4v) is 1.38. The molecule has 1 unspecified atom stereocenters. The molecule has 1 aromatic heterocycles. The van der Waals surface area contributed by atoms with Gasteiger partial charge in [0.25, 0.3) is 5.91 Å². The van der Waals surface area contributed by atoms with Crippen LogP contribution in [0.4, 0.5) is 0 Å². The van der Waals surface area contributed by atoms with Crippen molar-refractivity contribution < 1.29 is 9.90 Å². The maximum Gasteiger partial charge on any atom is 0.254 e. The number of carbonyl (C=O) groups is 1. The SMILES string of the molecule is CCC(CCO)NC(=O)c1cn[nH]c1C. The molecule has 0 aliphatic carbocycles. The summed E-state index contributed by atoms with van der Waals surface area (Å²) in [5.41, 5.74) is 1.32. The number of aromatic amines is 1. The number of H-pyrrole nitrogens is 1. The topological polar surface area (TPSA) is 78.0 Å². The lowest BCUT2D eigenvalue weighted by molar-refractivity contribution is 0.0928. The van der Waals surface area contributed by atoms with Gasteiger partial charge in [-0.3, -0.25) is 9.89 Å². The van der Waals surface area contributed by atoms with E-state index in [1.165, 1.54) is 6.20 Å². The number of nitrogens with one attached hydrogen (secondary N) is 2. The van der Waals surface area contributed by atoms with Crippen molar-refractivity contribution in [3.63, 3.8) is 0 Å². The molecule has 0 aliphatic rings. The minimum Gasteiger partial charge on any atom is -0.396 e. The summed E-state index contributed by atoms with van der Waals surface area (Å²) in [4.78, 5) is 11.7. The van der Waals surface area contributed by atoms with Gasteiger partial charge in [-0.05, 0) is 19.8 Å². The van der Waals surface area contributed by atoms with Crippen LogP contribution in [0.2, 0.25) is 0 Å². The van der Waals surface area contributed by atoms with Gasteiger partial charge in [0.2, 0.25) is 0 Å². The summed E-state index contributed by atoms with van der Waals surface area (Å²) < 4.78 is 0. The lowest BCUT2D eigenvalue weighted by atomic mass is 10.1. The molecule has 1 aromatic rings. The van der Waals surface area contributed by atoms with Crippen LogP contribution in [0.25, 0.3) is 0 Å². The third-order valence-corrected chi connectivity index (χ3v) is 2.38. The second kappa shape index (κ2) is 5.50. The van der Waals surface area contributed by atoms with Crippen molar-refractivity contribution >= 4 is 5.91 Å². The molecule has 1 rings (SSSR count). The monoisotopic (exact) mass is 211 g/mol. The summed E-state index contributed by atoms with van der Waals surface area (Å²) in [5, 5.41) is 18.1. The third kappa shape index (κ3) is 3.06. The molecule has 5 heteroatoms. The van der Waals surface area contributed by atoms with E-state index in [0.717, 1.165) is 12.1 Å². The zero-order chi connectivity index (χ0) is 11.3. The molecule has 15 heavy (non-hydrogen) atoms. The van der Waals surface area contributed by atoms with E-state index in [4.69, 9.17) is 5.11 Å². The standard InChI is InChI=1S/C10H17N3O2/c1-3-8(4-5-14)12-10(15)9-6-11-13-7(9)2/h6,8,14H,3-5H2,1-2H3,(H,11,13)(H,12,15). The minimum atomic E-state index is -0.137. The molecule has 1 atom stereocenters. The predicted octanol–water partition coefficient (Wildman–Crippen LogP) is 0.609. The molecular weight excluding hydrogens is 194 g/mol. The summed E-state index contributed by atoms with van der Waals surface area (Å²) in [6.45, 7) is 3.86. The normalized spacial score (nSPS) is 12.5. The Kier molecular flexibility index (Phi) is 4.30. The Morgan fingerprint density at radius 3 is 2.93 bits per heavy atom. The van der Waals surface area contributed by atoms with Crippen LogP contribution in [-0.4, -0.2) is 33.9 Å². The van der Waals surface area contributed by atoms with E-state index in [1.807, 2.05) is 6.92 Å². The Morgan fingerprint density at radius 2 is 2.47 bits per heavy atom. The van der Waals surface area contributed by atoms with Crippen LogP contribution in [0.15, 0.2) is 6.20 Å². The van der Waals surface area contributed by atoms with Crippen LogP contribution in [0.1, 0.15) is 35.8 Å². The first kappa shape index (κ1) is 11.7. The smallest absolute Gasteiger partial charge is 0.254 e. The van der Waals surface area contributed by atoms with Crippen LogP contribution in [0.3, 0.4) is 0 Å². The fourth-order valence-electron chi connectivity index (χ4n) is 1.38. The number of aliphatic hydroxyl groups excluding tert-OH is 1. The maximum absolute atomic E-state index is 11.7. The van der Waals surface area contributed by atoms with Gasteiger partial charge < -0.3 is 10.4 Å². The molecule has 1 heterocycles. The second-order valence-corrected chi connectivity index (χ2v) is 3.50. The number of aromatic nitrogens is 2. The van der Waals surface area contributed by atoms with E-state index in [0.29, 0.717) is 12.0 Å². The van der Waals surface area contributed by atoms with E-state index in [1.54, 1.807) is 6.92 Å². The first-order valence-electron chi connectivity index (χ1n) is 5.10. The Morgan fingerprint density at radius 1 is 1.73 bits per heavy atom. The Labute approximate surface area is 88.9 Å². The number of nitrogens with zero attached hydrogens (tertiary/aromatic N) is 1. The summed E-state index contributed by atoms with van der Waals surface area (Å²) in [6, 6.07) is 0.0248. The number of hydrogen-bond donors (Lipinski definition) is 3. The number of hydrogen-bond acceptors (Lipinski definition) is 3. The van der Waals surface area contributed by atoms with E-state index < -0.39 is 0 Å². The van der Waals surface area contributed by atoms with E-state index >= 15 is 0 Å². The molecule has 0 spiro atoms. The van der Waals surface area contributed by atoms with Crippen LogP contribution < -0.4 is 5.32 Å². The van der Waals surface area contributed by atoms with Crippen molar-refractivity contribution in [3.05, 3.63) is 17.5 Å². The van der Waals surface area contributed by atoms with Crippen molar-refractivity contribution in [2.75, 3.05) is 6.61 Å². The lowest BCUT2D eigenvalue weighted by Gasteiger charge is -2.15. The zero-order valence-electron chi connectivity index (χ0n) is 9.08. The Hall–Kier alpha value is -1.36. The molecule has 0 radical (unpaired) electrons. The minimum absolute atomic E-state index is 0.0248. The molecule has 0 aromatic carbocycles. The summed E-state index contributed by atoms with van der Waals surface area (Å²) in [6.07, 6.45) is 2.90. The molecule has 3 N–H and O–H groups in total. The van der Waals surface area contributed by atoms with Crippen molar-refractivity contribution in [3.8, 4) is 0 Å². The maximum atomic E-state index is 11.7. The summed E-state index contributed by atoms with van der Waals surface area (Å²) in [5.74, 6) is -0.137. The summed E-state index contributed by atoms with van der Waals surface area (Å²) >= 11 is 0. The van der Waals surface area contributed by atoms with Crippen molar-refractivity contribution in [1.29, 1.82) is 0 Å². The largest absolute Gasteiger partial charge is 0.396 e. The van der Waals surface area contributed by atoms with Gasteiger partial charge in [-0.25, -0.2) is 0 Å². The fraction of sp³-hybridized carbons (Fsp3) is 0.600. The number of aliphatic hydroxyl groups is 1. The highest BCUT2D eigenvalue weighted by Gasteiger charge is 2.14. The van der Waals surface area contributed by atoms with Gasteiger partial charge in [0.1, 0.15) is 0 Å². The highest BCUT2D eigenvalue weighted by Crippen LogP contribution is 2.04. The van der Waals surface area contributed by atoms with Crippen LogP contribution in [0.5, 0.6) is 0 Å². The van der Waals surface area contributed by atoms with Crippen LogP contribution in [0, 0.1) is 6.92 Å². The number of rotatable bonds is 5. The number of aryl methyl sites for hydroxylation is 1. The number of carbonyl (C=O) groups excluding carboxylic acids is 1. The quantitative estimate of drug-likeness (QED) is 0.667. The first-order chi connectivity index (χ1) is 7.19. The van der Waals surface area contributed by atoms with Crippen molar-refractivity contribution in [1.82, 2.24) is 15.5 Å². The van der Waals surface area contributed by atoms with Crippen molar-refractivity contribution in [2.45, 2.75) is 32.7 Å². The molecule has 0 fully saturated rings. The van der Waals surface area contributed by atoms with Gasteiger partial charge in [0.15, 0.2) is 0 Å². The average molecular weight is 211 g/mol. The van der Waals surface area contributed by atoms with E-state index in [9.17, 15) is 4.79 Å². The van der Waals surface area contributed by atoms with E-state index in [-0.39, 0.29) is 18.6 Å². The molecule has 0 aliphatic heterocycles. The van der Waals surface area contributed by atoms with Crippen LogP contribution >= 0.6 is 0 Å². The molecule has 0 saturated carbocycles. The Bertz CT molecular complexity index is 322. The molecule has 1 amide bonds. The van der Waals surface area contributed by atoms with Gasteiger partial charge in [-0.1, -0.05) is 6.92 Å². The van der Waals surface area contributed by atoms with E-state index in [2.05, 4.69) is 15.5 Å². The zero-order valence-corrected chi connectivity index (χ0v) is 9.08. The third-order valence-electron chi connectivity index (χ3n) is 2.38. The highest BCUT2D eigenvalue weighted by molar-refractivity contribution is 5.95. The number of amides is 1. The Balaban J connectivity index is 2.58. The van der Waals surface area contributed by atoms with Crippen LogP contribution in [-0.2, 0) is 0 Å².